The fraction of sp³-hybridized carbons (Fsp3) is 0.500. The number of amides is 1. The summed E-state index contributed by atoms with van der Waals surface area (Å²) >= 11 is 6.26. The van der Waals surface area contributed by atoms with Crippen molar-refractivity contribution in [3.8, 4) is 11.5 Å². The van der Waals surface area contributed by atoms with E-state index in [1.807, 2.05) is 27.9 Å². The van der Waals surface area contributed by atoms with Crippen molar-refractivity contribution in [2.75, 3.05) is 34.3 Å². The molecule has 1 N–H and O–H groups in total. The van der Waals surface area contributed by atoms with Gasteiger partial charge in [-0.25, -0.2) is 0 Å². The second-order valence-electron chi connectivity index (χ2n) is 5.98. The van der Waals surface area contributed by atoms with Crippen LogP contribution in [-0.4, -0.2) is 51.2 Å². The van der Waals surface area contributed by atoms with Crippen molar-refractivity contribution in [1.82, 2.24) is 10.2 Å². The van der Waals surface area contributed by atoms with Crippen LogP contribution in [0.25, 0.3) is 6.08 Å². The summed E-state index contributed by atoms with van der Waals surface area (Å²) < 4.78 is 11.0. The SMILES string of the molecule is COc1cc(/C=C/C(=O)NCCCN(C)C)cc(Cl)c1OC(C)C. The summed E-state index contributed by atoms with van der Waals surface area (Å²) in [6.45, 7) is 5.43. The molecule has 0 aliphatic heterocycles. The zero-order chi connectivity index (χ0) is 18.1. The van der Waals surface area contributed by atoms with Gasteiger partial charge in [-0.1, -0.05) is 11.6 Å². The van der Waals surface area contributed by atoms with Crippen LogP contribution in [-0.2, 0) is 4.79 Å². The number of nitrogens with zero attached hydrogens (tertiary/aromatic N) is 1. The number of benzene rings is 1. The van der Waals surface area contributed by atoms with Crippen LogP contribution >= 0.6 is 11.6 Å². The van der Waals surface area contributed by atoms with Gasteiger partial charge in [0.25, 0.3) is 0 Å². The van der Waals surface area contributed by atoms with Crippen molar-refractivity contribution >= 4 is 23.6 Å². The van der Waals surface area contributed by atoms with E-state index in [0.717, 1.165) is 18.5 Å². The molecule has 1 aromatic carbocycles. The smallest absolute Gasteiger partial charge is 0.243 e. The fourth-order valence-electron chi connectivity index (χ4n) is 2.02. The number of ether oxygens (including phenoxy) is 2. The lowest BCUT2D eigenvalue weighted by Crippen LogP contribution is -2.25. The average molecular weight is 355 g/mol. The molecule has 1 amide bonds. The Morgan fingerprint density at radius 1 is 1.38 bits per heavy atom. The lowest BCUT2D eigenvalue weighted by molar-refractivity contribution is -0.116. The van der Waals surface area contributed by atoms with Crippen molar-refractivity contribution < 1.29 is 14.3 Å². The number of nitrogens with one attached hydrogen (secondary N) is 1. The molecule has 0 unspecified atom stereocenters. The Hall–Kier alpha value is -1.72. The topological polar surface area (TPSA) is 50.8 Å². The highest BCUT2D eigenvalue weighted by molar-refractivity contribution is 6.32. The Balaban J connectivity index is 2.70. The minimum atomic E-state index is -0.133. The molecule has 0 saturated carbocycles. The molecule has 0 heterocycles. The lowest BCUT2D eigenvalue weighted by Gasteiger charge is -2.15. The zero-order valence-corrected chi connectivity index (χ0v) is 15.8. The van der Waals surface area contributed by atoms with E-state index in [1.165, 1.54) is 6.08 Å². The summed E-state index contributed by atoms with van der Waals surface area (Å²) in [5.74, 6) is 0.924. The van der Waals surface area contributed by atoms with Crippen LogP contribution < -0.4 is 14.8 Å². The highest BCUT2D eigenvalue weighted by atomic mass is 35.5. The van der Waals surface area contributed by atoms with Crippen LogP contribution in [0.2, 0.25) is 5.02 Å². The second kappa shape index (κ2) is 10.2. The molecule has 0 aromatic heterocycles. The first-order valence-corrected chi connectivity index (χ1v) is 8.36. The summed E-state index contributed by atoms with van der Waals surface area (Å²) in [4.78, 5) is 13.9. The standard InChI is InChI=1S/C18H27ClN2O3/c1-13(2)24-18-15(19)11-14(12-16(18)23-5)7-8-17(22)20-9-6-10-21(3)4/h7-8,11-13H,6,9-10H2,1-5H3,(H,20,22)/b8-7+. The van der Waals surface area contributed by atoms with E-state index in [9.17, 15) is 4.79 Å². The van der Waals surface area contributed by atoms with Gasteiger partial charge < -0.3 is 19.7 Å². The van der Waals surface area contributed by atoms with Crippen molar-refractivity contribution in [2.24, 2.45) is 0 Å². The van der Waals surface area contributed by atoms with E-state index in [0.29, 0.717) is 23.1 Å². The molecule has 0 fully saturated rings. The van der Waals surface area contributed by atoms with Crippen LogP contribution in [0.5, 0.6) is 11.5 Å². The van der Waals surface area contributed by atoms with Crippen LogP contribution in [0.3, 0.4) is 0 Å². The molecular weight excluding hydrogens is 328 g/mol. The molecule has 0 atom stereocenters. The molecule has 0 aliphatic rings. The summed E-state index contributed by atoms with van der Waals surface area (Å²) in [7, 11) is 5.57. The molecule has 0 aliphatic carbocycles. The molecular formula is C18H27ClN2O3. The van der Waals surface area contributed by atoms with E-state index in [1.54, 1.807) is 25.3 Å². The second-order valence-corrected chi connectivity index (χ2v) is 6.39. The molecule has 0 radical (unpaired) electrons. The summed E-state index contributed by atoms with van der Waals surface area (Å²) in [6.07, 6.45) is 4.09. The number of hydrogen-bond donors (Lipinski definition) is 1. The fourth-order valence-corrected chi connectivity index (χ4v) is 2.29. The molecule has 1 rings (SSSR count). The van der Waals surface area contributed by atoms with E-state index >= 15 is 0 Å². The molecule has 24 heavy (non-hydrogen) atoms. The average Bonchev–Trinajstić information content (AvgIpc) is 2.51. The number of methoxy groups -OCH3 is 1. The Labute approximate surface area is 149 Å². The molecule has 0 spiro atoms. The normalized spacial score (nSPS) is 11.3. The quantitative estimate of drug-likeness (QED) is 0.546. The van der Waals surface area contributed by atoms with Gasteiger partial charge in [-0.15, -0.1) is 0 Å². The first-order chi connectivity index (χ1) is 11.3. The van der Waals surface area contributed by atoms with Crippen LogP contribution in [0.15, 0.2) is 18.2 Å². The molecule has 6 heteroatoms. The van der Waals surface area contributed by atoms with E-state index in [4.69, 9.17) is 21.1 Å². The van der Waals surface area contributed by atoms with Crippen LogP contribution in [0, 0.1) is 0 Å². The first kappa shape index (κ1) is 20.3. The Morgan fingerprint density at radius 2 is 2.08 bits per heavy atom. The highest BCUT2D eigenvalue weighted by Gasteiger charge is 2.12. The maximum absolute atomic E-state index is 11.8. The van der Waals surface area contributed by atoms with Gasteiger partial charge in [-0.3, -0.25) is 4.79 Å². The maximum atomic E-state index is 11.8. The number of hydrogen-bond acceptors (Lipinski definition) is 4. The summed E-state index contributed by atoms with van der Waals surface area (Å²) in [6, 6.07) is 3.54. The lowest BCUT2D eigenvalue weighted by atomic mass is 10.2. The Morgan fingerprint density at radius 3 is 2.67 bits per heavy atom. The van der Waals surface area contributed by atoms with Crippen molar-refractivity contribution in [1.29, 1.82) is 0 Å². The first-order valence-electron chi connectivity index (χ1n) is 7.98. The number of carbonyl (C=O) groups is 1. The van der Waals surface area contributed by atoms with Gasteiger partial charge in [-0.2, -0.15) is 0 Å². The van der Waals surface area contributed by atoms with Crippen molar-refractivity contribution in [3.63, 3.8) is 0 Å². The van der Waals surface area contributed by atoms with Gasteiger partial charge >= 0.3 is 0 Å². The van der Waals surface area contributed by atoms with E-state index in [-0.39, 0.29) is 12.0 Å². The Bertz CT molecular complexity index is 572. The van der Waals surface area contributed by atoms with Gasteiger partial charge in [0.15, 0.2) is 11.5 Å². The molecule has 0 bridgehead atoms. The molecule has 134 valence electrons. The van der Waals surface area contributed by atoms with Crippen LogP contribution in [0.4, 0.5) is 0 Å². The predicted octanol–water partition coefficient (Wildman–Crippen LogP) is 3.22. The third kappa shape index (κ3) is 7.23. The molecule has 1 aromatic rings. The third-order valence-corrected chi connectivity index (χ3v) is 3.39. The zero-order valence-electron chi connectivity index (χ0n) is 15.1. The monoisotopic (exact) mass is 354 g/mol. The molecule has 5 nitrogen and oxygen atoms in total. The number of halogens is 1. The molecule has 0 saturated heterocycles. The van der Waals surface area contributed by atoms with Gasteiger partial charge in [0, 0.05) is 12.6 Å². The predicted molar refractivity (Wildman–Crippen MR) is 99.0 cm³/mol. The minimum Gasteiger partial charge on any atom is -0.493 e. The van der Waals surface area contributed by atoms with E-state index in [2.05, 4.69) is 10.2 Å². The third-order valence-electron chi connectivity index (χ3n) is 3.11. The number of carbonyl (C=O) groups excluding carboxylic acids is 1. The van der Waals surface area contributed by atoms with Crippen molar-refractivity contribution in [2.45, 2.75) is 26.4 Å². The van der Waals surface area contributed by atoms with Gasteiger partial charge in [0.2, 0.25) is 5.91 Å². The summed E-state index contributed by atoms with van der Waals surface area (Å²) in [5.41, 5.74) is 0.774. The Kier molecular flexibility index (Phi) is 8.65. The van der Waals surface area contributed by atoms with E-state index < -0.39 is 0 Å². The van der Waals surface area contributed by atoms with Gasteiger partial charge in [-0.05, 0) is 64.7 Å². The van der Waals surface area contributed by atoms with Crippen LogP contribution in [0.1, 0.15) is 25.8 Å². The van der Waals surface area contributed by atoms with Crippen molar-refractivity contribution in [3.05, 3.63) is 28.8 Å². The minimum absolute atomic E-state index is 0.00858. The highest BCUT2D eigenvalue weighted by Crippen LogP contribution is 2.37. The summed E-state index contributed by atoms with van der Waals surface area (Å²) in [5, 5.41) is 3.30. The number of rotatable bonds is 9. The van der Waals surface area contributed by atoms with Gasteiger partial charge in [0.05, 0.1) is 18.2 Å². The van der Waals surface area contributed by atoms with Gasteiger partial charge in [0.1, 0.15) is 0 Å². The largest absolute Gasteiger partial charge is 0.493 e. The maximum Gasteiger partial charge on any atom is 0.243 e.